The molecule has 21 heavy (non-hydrogen) atoms. The van der Waals surface area contributed by atoms with Gasteiger partial charge in [-0.15, -0.1) is 11.3 Å². The first kappa shape index (κ1) is 15.0. The number of carbonyl (C=O) groups is 2. The first-order chi connectivity index (χ1) is 10.1. The Labute approximate surface area is 125 Å². The summed E-state index contributed by atoms with van der Waals surface area (Å²) in [6, 6.07) is 3.22. The van der Waals surface area contributed by atoms with Crippen molar-refractivity contribution in [3.05, 3.63) is 46.2 Å². The van der Waals surface area contributed by atoms with Gasteiger partial charge in [-0.05, 0) is 24.6 Å². The summed E-state index contributed by atoms with van der Waals surface area (Å²) in [6.07, 6.45) is 6.59. The minimum Gasteiger partial charge on any atom is -0.478 e. The van der Waals surface area contributed by atoms with Crippen molar-refractivity contribution >= 4 is 29.3 Å². The van der Waals surface area contributed by atoms with Crippen molar-refractivity contribution in [2.75, 3.05) is 0 Å². The molecule has 0 saturated carbocycles. The number of aromatic nitrogens is 2. The molecule has 0 radical (unpaired) electrons. The van der Waals surface area contributed by atoms with Crippen LogP contribution in [0.25, 0.3) is 6.08 Å². The van der Waals surface area contributed by atoms with Gasteiger partial charge in [0.25, 0.3) is 5.91 Å². The van der Waals surface area contributed by atoms with Gasteiger partial charge in [0.15, 0.2) is 0 Å². The van der Waals surface area contributed by atoms with Gasteiger partial charge in [0.05, 0.1) is 10.9 Å². The van der Waals surface area contributed by atoms with E-state index in [9.17, 15) is 9.59 Å². The number of carboxylic acids is 1. The molecule has 0 aliphatic rings. The summed E-state index contributed by atoms with van der Waals surface area (Å²) in [7, 11) is 0. The van der Waals surface area contributed by atoms with Gasteiger partial charge in [-0.3, -0.25) is 4.79 Å². The summed E-state index contributed by atoms with van der Waals surface area (Å²) in [6.45, 7) is 1.96. The summed E-state index contributed by atoms with van der Waals surface area (Å²) in [5.74, 6) is -0.495. The van der Waals surface area contributed by atoms with Crippen molar-refractivity contribution < 1.29 is 14.7 Å². The molecule has 0 aliphatic heterocycles. The lowest BCUT2D eigenvalue weighted by Gasteiger charge is -2.13. The zero-order chi connectivity index (χ0) is 15.2. The number of nitrogens with one attached hydrogen (secondary N) is 2. The summed E-state index contributed by atoms with van der Waals surface area (Å²) in [5.41, 5.74) is 0. The van der Waals surface area contributed by atoms with Crippen LogP contribution in [-0.2, 0) is 4.79 Å². The molecule has 2 aromatic rings. The van der Waals surface area contributed by atoms with E-state index in [-0.39, 0.29) is 11.9 Å². The van der Waals surface area contributed by atoms with Crippen molar-refractivity contribution in [1.82, 2.24) is 15.3 Å². The molecular formula is C14H15N3O3S. The fraction of sp³-hybridized carbons (Fsp3) is 0.214. The Morgan fingerprint density at radius 1 is 1.52 bits per heavy atom. The highest BCUT2D eigenvalue weighted by Gasteiger charge is 2.16. The van der Waals surface area contributed by atoms with E-state index in [4.69, 9.17) is 5.11 Å². The normalized spacial score (nSPS) is 12.4. The molecule has 2 aromatic heterocycles. The van der Waals surface area contributed by atoms with Gasteiger partial charge in [-0.1, -0.05) is 6.92 Å². The van der Waals surface area contributed by atoms with Crippen LogP contribution in [0.2, 0.25) is 0 Å². The Hall–Kier alpha value is -2.41. The molecule has 1 unspecified atom stereocenters. The second kappa shape index (κ2) is 6.85. The van der Waals surface area contributed by atoms with E-state index >= 15 is 0 Å². The largest absolute Gasteiger partial charge is 0.478 e. The van der Waals surface area contributed by atoms with Gasteiger partial charge in [0.2, 0.25) is 0 Å². The standard InChI is InChI=1S/C14H15N3O3S/c1-2-10(13-15-7-8-16-13)17-14(20)11-5-3-9(21-11)4-6-12(18)19/h3-8,10H,2H2,1H3,(H,15,16)(H,17,20)(H,18,19)/b6-4+. The Kier molecular flexibility index (Phi) is 4.89. The third-order valence-corrected chi connectivity index (χ3v) is 3.85. The van der Waals surface area contributed by atoms with Crippen LogP contribution < -0.4 is 5.32 Å². The van der Waals surface area contributed by atoms with Crippen LogP contribution >= 0.6 is 11.3 Å². The highest BCUT2D eigenvalue weighted by atomic mass is 32.1. The lowest BCUT2D eigenvalue weighted by molar-refractivity contribution is -0.131. The second-order valence-corrected chi connectivity index (χ2v) is 5.40. The molecule has 7 heteroatoms. The molecule has 1 amide bonds. The van der Waals surface area contributed by atoms with Crippen LogP contribution in [-0.4, -0.2) is 27.0 Å². The maximum atomic E-state index is 12.2. The number of aliphatic carboxylic acids is 1. The Morgan fingerprint density at radius 3 is 2.95 bits per heavy atom. The third kappa shape index (κ3) is 4.03. The molecule has 0 saturated heterocycles. The van der Waals surface area contributed by atoms with Crippen molar-refractivity contribution in [3.8, 4) is 0 Å². The molecule has 0 aliphatic carbocycles. The average Bonchev–Trinajstić information content (AvgIpc) is 3.13. The Bertz CT molecular complexity index is 646. The minimum atomic E-state index is -1.02. The molecule has 0 spiro atoms. The van der Waals surface area contributed by atoms with E-state index in [0.29, 0.717) is 15.6 Å². The number of nitrogens with zero attached hydrogens (tertiary/aromatic N) is 1. The van der Waals surface area contributed by atoms with Gasteiger partial charge >= 0.3 is 5.97 Å². The van der Waals surface area contributed by atoms with Crippen LogP contribution in [0.3, 0.4) is 0 Å². The summed E-state index contributed by atoms with van der Waals surface area (Å²) in [4.78, 5) is 31.0. The number of carbonyl (C=O) groups excluding carboxylic acids is 1. The summed E-state index contributed by atoms with van der Waals surface area (Å²) >= 11 is 1.24. The van der Waals surface area contributed by atoms with Gasteiger partial charge in [0, 0.05) is 23.3 Å². The van der Waals surface area contributed by atoms with Gasteiger partial charge < -0.3 is 15.4 Å². The number of hydrogen-bond acceptors (Lipinski definition) is 4. The smallest absolute Gasteiger partial charge is 0.328 e. The van der Waals surface area contributed by atoms with Crippen LogP contribution in [0.1, 0.15) is 39.8 Å². The van der Waals surface area contributed by atoms with Crippen LogP contribution in [0.5, 0.6) is 0 Å². The Balaban J connectivity index is 2.05. The SMILES string of the molecule is CCC(NC(=O)c1ccc(/C=C/C(=O)O)s1)c1ncc[nH]1. The minimum absolute atomic E-state index is 0.174. The van der Waals surface area contributed by atoms with Crippen molar-refractivity contribution in [2.45, 2.75) is 19.4 Å². The molecule has 2 heterocycles. The number of rotatable bonds is 6. The molecule has 1 atom stereocenters. The zero-order valence-electron chi connectivity index (χ0n) is 11.4. The molecule has 2 rings (SSSR count). The highest BCUT2D eigenvalue weighted by Crippen LogP contribution is 2.20. The number of thiophene rings is 1. The Morgan fingerprint density at radius 2 is 2.33 bits per heavy atom. The predicted molar refractivity (Wildman–Crippen MR) is 80.1 cm³/mol. The number of carboxylic acid groups (broad SMARTS) is 1. The molecular weight excluding hydrogens is 290 g/mol. The average molecular weight is 305 g/mol. The van der Waals surface area contributed by atoms with Crippen molar-refractivity contribution in [3.63, 3.8) is 0 Å². The molecule has 0 aromatic carbocycles. The van der Waals surface area contributed by atoms with E-state index in [1.54, 1.807) is 24.5 Å². The van der Waals surface area contributed by atoms with Gasteiger partial charge in [-0.2, -0.15) is 0 Å². The maximum Gasteiger partial charge on any atom is 0.328 e. The first-order valence-electron chi connectivity index (χ1n) is 6.41. The monoisotopic (exact) mass is 305 g/mol. The van der Waals surface area contributed by atoms with Crippen molar-refractivity contribution in [2.24, 2.45) is 0 Å². The maximum absolute atomic E-state index is 12.2. The topological polar surface area (TPSA) is 95.1 Å². The van der Waals surface area contributed by atoms with Gasteiger partial charge in [0.1, 0.15) is 5.82 Å². The second-order valence-electron chi connectivity index (χ2n) is 4.28. The molecule has 0 fully saturated rings. The molecule has 6 nitrogen and oxygen atoms in total. The molecule has 110 valence electrons. The fourth-order valence-electron chi connectivity index (χ4n) is 1.78. The lowest BCUT2D eigenvalue weighted by atomic mass is 10.2. The number of imidazole rings is 1. The van der Waals surface area contributed by atoms with Crippen LogP contribution in [0.4, 0.5) is 0 Å². The van der Waals surface area contributed by atoms with Crippen molar-refractivity contribution in [1.29, 1.82) is 0 Å². The van der Waals surface area contributed by atoms with E-state index < -0.39 is 5.97 Å². The molecule has 0 bridgehead atoms. The van der Waals surface area contributed by atoms with E-state index in [0.717, 1.165) is 12.5 Å². The van der Waals surface area contributed by atoms with E-state index in [1.807, 2.05) is 6.92 Å². The predicted octanol–water partition coefficient (Wildman–Crippen LogP) is 2.45. The van der Waals surface area contributed by atoms with Crippen LogP contribution in [0, 0.1) is 0 Å². The third-order valence-electron chi connectivity index (χ3n) is 2.80. The molecule has 3 N–H and O–H groups in total. The number of amides is 1. The first-order valence-corrected chi connectivity index (χ1v) is 7.22. The van der Waals surface area contributed by atoms with Crippen LogP contribution in [0.15, 0.2) is 30.6 Å². The lowest BCUT2D eigenvalue weighted by Crippen LogP contribution is -2.28. The summed E-state index contributed by atoms with van der Waals surface area (Å²) < 4.78 is 0. The number of H-pyrrole nitrogens is 1. The zero-order valence-corrected chi connectivity index (χ0v) is 12.2. The number of aromatic amines is 1. The summed E-state index contributed by atoms with van der Waals surface area (Å²) in [5, 5.41) is 11.5. The highest BCUT2D eigenvalue weighted by molar-refractivity contribution is 7.14. The van der Waals surface area contributed by atoms with E-state index in [1.165, 1.54) is 17.4 Å². The van der Waals surface area contributed by atoms with E-state index in [2.05, 4.69) is 15.3 Å². The van der Waals surface area contributed by atoms with Gasteiger partial charge in [-0.25, -0.2) is 9.78 Å². The quantitative estimate of drug-likeness (QED) is 0.714. The number of hydrogen-bond donors (Lipinski definition) is 3. The fourth-order valence-corrected chi connectivity index (χ4v) is 2.59.